The Morgan fingerprint density at radius 3 is 2.50 bits per heavy atom. The highest BCUT2D eigenvalue weighted by atomic mass is 35.5. The van der Waals surface area contributed by atoms with Crippen molar-refractivity contribution in [3.63, 3.8) is 0 Å². The predicted octanol–water partition coefficient (Wildman–Crippen LogP) is 4.22. The lowest BCUT2D eigenvalue weighted by atomic mass is 9.94. The van der Waals surface area contributed by atoms with Crippen molar-refractivity contribution in [1.82, 2.24) is 4.57 Å². The third kappa shape index (κ3) is 2.64. The lowest BCUT2D eigenvalue weighted by Crippen LogP contribution is -2.31. The standard InChI is InChI=1S/C15H22ClNO/c1-11(2)14-9-8-12(10-16)15(18)17(14)13-6-4-3-5-7-13/h8-9,11,13H,3-7,10H2,1-2H3. The van der Waals surface area contributed by atoms with E-state index in [1.807, 2.05) is 10.6 Å². The van der Waals surface area contributed by atoms with Gasteiger partial charge in [0.1, 0.15) is 0 Å². The second kappa shape index (κ2) is 5.92. The van der Waals surface area contributed by atoms with Crippen molar-refractivity contribution in [3.05, 3.63) is 33.7 Å². The molecule has 1 aromatic heterocycles. The summed E-state index contributed by atoms with van der Waals surface area (Å²) < 4.78 is 2.03. The maximum absolute atomic E-state index is 12.5. The van der Waals surface area contributed by atoms with Gasteiger partial charge in [-0.05, 0) is 24.8 Å². The Labute approximate surface area is 114 Å². The smallest absolute Gasteiger partial charge is 0.255 e. The first-order chi connectivity index (χ1) is 8.65. The average molecular weight is 268 g/mol. The van der Waals surface area contributed by atoms with E-state index in [-0.39, 0.29) is 5.56 Å². The van der Waals surface area contributed by atoms with Crippen LogP contribution in [0.1, 0.15) is 69.2 Å². The summed E-state index contributed by atoms with van der Waals surface area (Å²) in [4.78, 5) is 12.5. The summed E-state index contributed by atoms with van der Waals surface area (Å²) in [7, 11) is 0. The van der Waals surface area contributed by atoms with Crippen molar-refractivity contribution in [2.75, 3.05) is 0 Å². The first-order valence-electron chi connectivity index (χ1n) is 6.95. The molecule has 0 saturated heterocycles. The topological polar surface area (TPSA) is 22.0 Å². The third-order valence-electron chi connectivity index (χ3n) is 3.90. The summed E-state index contributed by atoms with van der Waals surface area (Å²) in [6.45, 7) is 4.29. The van der Waals surface area contributed by atoms with Crippen LogP contribution >= 0.6 is 11.6 Å². The van der Waals surface area contributed by atoms with E-state index >= 15 is 0 Å². The summed E-state index contributed by atoms with van der Waals surface area (Å²) in [5, 5.41) is 0. The lowest BCUT2D eigenvalue weighted by Gasteiger charge is -2.28. The number of halogens is 1. The molecule has 1 heterocycles. The molecule has 1 aliphatic rings. The molecule has 0 aliphatic heterocycles. The van der Waals surface area contributed by atoms with E-state index in [0.29, 0.717) is 17.8 Å². The maximum Gasteiger partial charge on any atom is 0.255 e. The summed E-state index contributed by atoms with van der Waals surface area (Å²) in [5.41, 5.74) is 2.01. The predicted molar refractivity (Wildman–Crippen MR) is 76.5 cm³/mol. The molecule has 0 atom stereocenters. The van der Waals surface area contributed by atoms with Gasteiger partial charge in [-0.1, -0.05) is 39.2 Å². The molecule has 0 radical (unpaired) electrons. The molecule has 1 fully saturated rings. The van der Waals surface area contributed by atoms with Crippen molar-refractivity contribution in [2.45, 2.75) is 63.8 Å². The zero-order valence-corrected chi connectivity index (χ0v) is 12.0. The van der Waals surface area contributed by atoms with Crippen molar-refractivity contribution >= 4 is 11.6 Å². The SMILES string of the molecule is CC(C)c1ccc(CCl)c(=O)n1C1CCCCC1. The molecule has 0 aromatic carbocycles. The number of hydrogen-bond donors (Lipinski definition) is 0. The van der Waals surface area contributed by atoms with Crippen LogP contribution in [0.5, 0.6) is 0 Å². The third-order valence-corrected chi connectivity index (χ3v) is 4.19. The van der Waals surface area contributed by atoms with E-state index in [4.69, 9.17) is 11.6 Å². The van der Waals surface area contributed by atoms with E-state index in [0.717, 1.165) is 24.1 Å². The quantitative estimate of drug-likeness (QED) is 0.752. The second-order valence-electron chi connectivity index (χ2n) is 5.54. The Hall–Kier alpha value is -0.760. The highest BCUT2D eigenvalue weighted by Gasteiger charge is 2.21. The highest BCUT2D eigenvalue weighted by Crippen LogP contribution is 2.30. The molecule has 18 heavy (non-hydrogen) atoms. The molecule has 0 bridgehead atoms. The van der Waals surface area contributed by atoms with Crippen LogP contribution in [0.15, 0.2) is 16.9 Å². The molecule has 100 valence electrons. The molecule has 3 heteroatoms. The number of pyridine rings is 1. The van der Waals surface area contributed by atoms with Gasteiger partial charge in [-0.15, -0.1) is 11.6 Å². The Morgan fingerprint density at radius 1 is 1.28 bits per heavy atom. The van der Waals surface area contributed by atoms with Gasteiger partial charge in [-0.2, -0.15) is 0 Å². The number of rotatable bonds is 3. The normalized spacial score (nSPS) is 17.3. The van der Waals surface area contributed by atoms with Gasteiger partial charge in [-0.3, -0.25) is 4.79 Å². The van der Waals surface area contributed by atoms with Crippen LogP contribution in [0, 0.1) is 0 Å². The fourth-order valence-electron chi connectivity index (χ4n) is 2.90. The number of nitrogens with zero attached hydrogens (tertiary/aromatic N) is 1. The summed E-state index contributed by atoms with van der Waals surface area (Å²) in [6.07, 6.45) is 6.04. The van der Waals surface area contributed by atoms with Gasteiger partial charge >= 0.3 is 0 Å². The van der Waals surface area contributed by atoms with Gasteiger partial charge < -0.3 is 4.57 Å². The second-order valence-corrected chi connectivity index (χ2v) is 5.81. The van der Waals surface area contributed by atoms with Gasteiger partial charge in [0.05, 0.1) is 5.88 Å². The van der Waals surface area contributed by atoms with Gasteiger partial charge in [0.15, 0.2) is 0 Å². The van der Waals surface area contributed by atoms with E-state index in [2.05, 4.69) is 19.9 Å². The minimum atomic E-state index is 0.128. The van der Waals surface area contributed by atoms with Crippen LogP contribution in [0.4, 0.5) is 0 Å². The maximum atomic E-state index is 12.5. The molecule has 2 nitrogen and oxygen atoms in total. The molecular weight excluding hydrogens is 246 g/mol. The van der Waals surface area contributed by atoms with Gasteiger partial charge in [-0.25, -0.2) is 0 Å². The lowest BCUT2D eigenvalue weighted by molar-refractivity contribution is 0.335. The van der Waals surface area contributed by atoms with Crippen LogP contribution < -0.4 is 5.56 Å². The van der Waals surface area contributed by atoms with E-state index in [1.165, 1.54) is 19.3 Å². The minimum absolute atomic E-state index is 0.128. The average Bonchev–Trinajstić information content (AvgIpc) is 2.39. The first-order valence-corrected chi connectivity index (χ1v) is 7.49. The summed E-state index contributed by atoms with van der Waals surface area (Å²) >= 11 is 5.86. The van der Waals surface area contributed by atoms with Crippen molar-refractivity contribution in [2.24, 2.45) is 0 Å². The van der Waals surface area contributed by atoms with Gasteiger partial charge in [0.25, 0.3) is 5.56 Å². The molecule has 0 amide bonds. The van der Waals surface area contributed by atoms with Gasteiger partial charge in [0, 0.05) is 17.3 Å². The molecule has 1 aliphatic carbocycles. The summed E-state index contributed by atoms with van der Waals surface area (Å²) in [5.74, 6) is 0.688. The minimum Gasteiger partial charge on any atom is -0.309 e. The highest BCUT2D eigenvalue weighted by molar-refractivity contribution is 6.17. The Balaban J connectivity index is 2.49. The van der Waals surface area contributed by atoms with Crippen LogP contribution in [0.3, 0.4) is 0 Å². The molecule has 0 unspecified atom stereocenters. The van der Waals surface area contributed by atoms with E-state index < -0.39 is 0 Å². The monoisotopic (exact) mass is 267 g/mol. The zero-order chi connectivity index (χ0) is 13.1. The van der Waals surface area contributed by atoms with Crippen LogP contribution in [-0.2, 0) is 5.88 Å². The molecule has 1 saturated carbocycles. The molecular formula is C15H22ClNO. The Kier molecular flexibility index (Phi) is 4.50. The number of aromatic nitrogens is 1. The zero-order valence-electron chi connectivity index (χ0n) is 11.3. The molecule has 0 N–H and O–H groups in total. The van der Waals surface area contributed by atoms with Crippen molar-refractivity contribution < 1.29 is 0 Å². The number of hydrogen-bond acceptors (Lipinski definition) is 1. The van der Waals surface area contributed by atoms with Crippen molar-refractivity contribution in [1.29, 1.82) is 0 Å². The van der Waals surface area contributed by atoms with Crippen LogP contribution in [0.2, 0.25) is 0 Å². The molecule has 0 spiro atoms. The van der Waals surface area contributed by atoms with E-state index in [9.17, 15) is 4.79 Å². The van der Waals surface area contributed by atoms with Crippen LogP contribution in [0.25, 0.3) is 0 Å². The Morgan fingerprint density at radius 2 is 1.94 bits per heavy atom. The molecule has 2 rings (SSSR count). The summed E-state index contributed by atoms with van der Waals surface area (Å²) in [6, 6.07) is 4.36. The number of alkyl halides is 1. The van der Waals surface area contributed by atoms with Crippen LogP contribution in [-0.4, -0.2) is 4.57 Å². The molecule has 1 aromatic rings. The van der Waals surface area contributed by atoms with Crippen molar-refractivity contribution in [3.8, 4) is 0 Å². The first kappa shape index (κ1) is 13.7. The fourth-order valence-corrected chi connectivity index (χ4v) is 3.10. The van der Waals surface area contributed by atoms with E-state index in [1.54, 1.807) is 0 Å². The van der Waals surface area contributed by atoms with Gasteiger partial charge in [0.2, 0.25) is 0 Å². The largest absolute Gasteiger partial charge is 0.309 e. The Bertz CT molecular complexity index is 458. The fraction of sp³-hybridized carbons (Fsp3) is 0.667.